The summed E-state index contributed by atoms with van der Waals surface area (Å²) in [4.78, 5) is 28.0. The summed E-state index contributed by atoms with van der Waals surface area (Å²) < 4.78 is 48.6. The maximum absolute atomic E-state index is 13.1. The summed E-state index contributed by atoms with van der Waals surface area (Å²) in [6.07, 6.45) is -4.96. The van der Waals surface area contributed by atoms with Crippen LogP contribution in [0.5, 0.6) is 0 Å². The number of halogens is 4. The van der Waals surface area contributed by atoms with Crippen LogP contribution in [-0.2, 0) is 10.9 Å². The van der Waals surface area contributed by atoms with E-state index >= 15 is 0 Å². The molecule has 0 bridgehead atoms. The SMILES string of the molecule is CCOC(=O)c1oc(N(C)C(=O)c2ccccc2Cl)nc1C(F)(F)F. The Morgan fingerprint density at radius 2 is 1.96 bits per heavy atom. The molecule has 134 valence electrons. The van der Waals surface area contributed by atoms with E-state index in [4.69, 9.17) is 16.0 Å². The van der Waals surface area contributed by atoms with Crippen molar-refractivity contribution in [2.45, 2.75) is 13.1 Å². The van der Waals surface area contributed by atoms with Crippen molar-refractivity contribution in [2.24, 2.45) is 0 Å². The first-order chi connectivity index (χ1) is 11.7. The number of amides is 1. The Hall–Kier alpha value is -2.55. The fourth-order valence-corrected chi connectivity index (χ4v) is 2.10. The molecule has 1 aromatic carbocycles. The van der Waals surface area contributed by atoms with Crippen molar-refractivity contribution < 1.29 is 31.9 Å². The summed E-state index contributed by atoms with van der Waals surface area (Å²) in [5.74, 6) is -3.20. The van der Waals surface area contributed by atoms with Crippen LogP contribution in [0, 0.1) is 0 Å². The molecule has 2 aromatic rings. The summed E-state index contributed by atoms with van der Waals surface area (Å²) in [5.41, 5.74) is -1.53. The number of esters is 1. The van der Waals surface area contributed by atoms with Crippen molar-refractivity contribution in [3.63, 3.8) is 0 Å². The Balaban J connectivity index is 2.44. The van der Waals surface area contributed by atoms with E-state index in [2.05, 4.69) is 9.72 Å². The van der Waals surface area contributed by atoms with Gasteiger partial charge in [0, 0.05) is 7.05 Å². The minimum absolute atomic E-state index is 0.0381. The molecular weight excluding hydrogens is 365 g/mol. The molecule has 0 aliphatic carbocycles. The van der Waals surface area contributed by atoms with Crippen molar-refractivity contribution in [3.05, 3.63) is 46.3 Å². The van der Waals surface area contributed by atoms with Gasteiger partial charge in [-0.1, -0.05) is 23.7 Å². The Morgan fingerprint density at radius 3 is 2.52 bits per heavy atom. The highest BCUT2D eigenvalue weighted by Gasteiger charge is 2.42. The van der Waals surface area contributed by atoms with Crippen LogP contribution in [0.3, 0.4) is 0 Å². The molecule has 0 aliphatic heterocycles. The summed E-state index contributed by atoms with van der Waals surface area (Å²) in [6, 6.07) is 5.25. The van der Waals surface area contributed by atoms with Gasteiger partial charge < -0.3 is 9.15 Å². The number of benzene rings is 1. The number of nitrogens with zero attached hydrogens (tertiary/aromatic N) is 2. The largest absolute Gasteiger partial charge is 0.460 e. The fourth-order valence-electron chi connectivity index (χ4n) is 1.88. The number of ether oxygens (including phenoxy) is 1. The van der Waals surface area contributed by atoms with Crippen LogP contribution in [0.4, 0.5) is 19.2 Å². The summed E-state index contributed by atoms with van der Waals surface area (Å²) in [6.45, 7) is 1.27. The molecule has 1 amide bonds. The van der Waals surface area contributed by atoms with Crippen LogP contribution in [0.2, 0.25) is 5.02 Å². The van der Waals surface area contributed by atoms with Crippen LogP contribution >= 0.6 is 11.6 Å². The van der Waals surface area contributed by atoms with Gasteiger partial charge in [0.05, 0.1) is 17.2 Å². The van der Waals surface area contributed by atoms with E-state index in [1.54, 1.807) is 6.07 Å². The summed E-state index contributed by atoms with van der Waals surface area (Å²) in [5, 5.41) is 0.104. The van der Waals surface area contributed by atoms with Gasteiger partial charge in [-0.15, -0.1) is 0 Å². The van der Waals surface area contributed by atoms with Crippen LogP contribution < -0.4 is 4.90 Å². The average molecular weight is 377 g/mol. The molecule has 0 fully saturated rings. The van der Waals surface area contributed by atoms with Gasteiger partial charge >= 0.3 is 18.2 Å². The van der Waals surface area contributed by atoms with Gasteiger partial charge in [-0.25, -0.2) is 4.79 Å². The van der Waals surface area contributed by atoms with E-state index in [-0.39, 0.29) is 17.2 Å². The first-order valence-corrected chi connectivity index (χ1v) is 7.32. The van der Waals surface area contributed by atoms with Gasteiger partial charge in [0.25, 0.3) is 5.91 Å². The standard InChI is InChI=1S/C15H12ClF3N2O4/c1-3-24-13(23)10-11(15(17,18)19)20-14(25-10)21(2)12(22)8-6-4-5-7-9(8)16/h4-7H,3H2,1-2H3. The molecule has 0 saturated heterocycles. The third kappa shape index (κ3) is 3.93. The van der Waals surface area contributed by atoms with Gasteiger partial charge in [-0.2, -0.15) is 18.2 Å². The number of anilines is 1. The Kier molecular flexibility index (Phi) is 5.36. The second-order valence-corrected chi connectivity index (χ2v) is 5.14. The maximum Gasteiger partial charge on any atom is 0.437 e. The van der Waals surface area contributed by atoms with Crippen LogP contribution in [0.15, 0.2) is 28.7 Å². The zero-order valence-corrected chi connectivity index (χ0v) is 13.8. The Morgan fingerprint density at radius 1 is 1.32 bits per heavy atom. The molecule has 0 N–H and O–H groups in total. The predicted octanol–water partition coefficient (Wildman–Crippen LogP) is 3.80. The molecule has 0 radical (unpaired) electrons. The normalized spacial score (nSPS) is 11.3. The van der Waals surface area contributed by atoms with Gasteiger partial charge in [-0.05, 0) is 19.1 Å². The van der Waals surface area contributed by atoms with Crippen LogP contribution in [-0.4, -0.2) is 30.5 Å². The molecule has 10 heteroatoms. The first-order valence-electron chi connectivity index (χ1n) is 6.94. The predicted molar refractivity (Wildman–Crippen MR) is 81.6 cm³/mol. The molecule has 6 nitrogen and oxygen atoms in total. The third-order valence-electron chi connectivity index (χ3n) is 3.04. The summed E-state index contributed by atoms with van der Waals surface area (Å²) in [7, 11) is 1.15. The Bertz CT molecular complexity index is 804. The van der Waals surface area contributed by atoms with Crippen LogP contribution in [0.1, 0.15) is 33.5 Å². The van der Waals surface area contributed by atoms with E-state index in [1.165, 1.54) is 25.1 Å². The molecule has 25 heavy (non-hydrogen) atoms. The number of aromatic nitrogens is 1. The molecule has 0 unspecified atom stereocenters. The number of carbonyl (C=O) groups is 2. The third-order valence-corrected chi connectivity index (χ3v) is 3.37. The maximum atomic E-state index is 13.1. The second kappa shape index (κ2) is 7.14. The topological polar surface area (TPSA) is 72.6 Å². The smallest absolute Gasteiger partial charge is 0.437 e. The quantitative estimate of drug-likeness (QED) is 0.759. The van der Waals surface area contributed by atoms with E-state index in [0.29, 0.717) is 0 Å². The van der Waals surface area contributed by atoms with Gasteiger partial charge in [0.2, 0.25) is 5.76 Å². The highest BCUT2D eigenvalue weighted by atomic mass is 35.5. The van der Waals surface area contributed by atoms with E-state index in [9.17, 15) is 22.8 Å². The average Bonchev–Trinajstić information content (AvgIpc) is 3.00. The van der Waals surface area contributed by atoms with E-state index in [0.717, 1.165) is 11.9 Å². The molecule has 2 rings (SSSR count). The number of oxazole rings is 1. The zero-order chi connectivity index (χ0) is 18.8. The van der Waals surface area contributed by atoms with Crippen molar-refractivity contribution in [2.75, 3.05) is 18.6 Å². The second-order valence-electron chi connectivity index (χ2n) is 4.74. The molecule has 1 heterocycles. The molecule has 1 aromatic heterocycles. The minimum Gasteiger partial charge on any atom is -0.460 e. The lowest BCUT2D eigenvalue weighted by Crippen LogP contribution is -2.27. The number of carbonyl (C=O) groups excluding carboxylic acids is 2. The lowest BCUT2D eigenvalue weighted by molar-refractivity contribution is -0.141. The van der Waals surface area contributed by atoms with E-state index in [1.807, 2.05) is 0 Å². The minimum atomic E-state index is -4.96. The monoisotopic (exact) mass is 376 g/mol. The molecular formula is C15H12ClF3N2O4. The fraction of sp³-hybridized carbons (Fsp3) is 0.267. The van der Waals surface area contributed by atoms with Gasteiger partial charge in [-0.3, -0.25) is 9.69 Å². The number of hydrogen-bond acceptors (Lipinski definition) is 5. The molecule has 0 atom stereocenters. The van der Waals surface area contributed by atoms with Gasteiger partial charge in [0.1, 0.15) is 0 Å². The zero-order valence-electron chi connectivity index (χ0n) is 13.1. The lowest BCUT2D eigenvalue weighted by Gasteiger charge is -2.13. The summed E-state index contributed by atoms with van der Waals surface area (Å²) >= 11 is 5.90. The van der Waals surface area contributed by atoms with Gasteiger partial charge in [0.15, 0.2) is 5.69 Å². The molecule has 0 spiro atoms. The Labute approximate surface area is 145 Å². The van der Waals surface area contributed by atoms with Crippen molar-refractivity contribution in [3.8, 4) is 0 Å². The van der Waals surface area contributed by atoms with Crippen molar-refractivity contribution in [1.82, 2.24) is 4.98 Å². The molecule has 0 saturated carbocycles. The number of hydrogen-bond donors (Lipinski definition) is 0. The van der Waals surface area contributed by atoms with Crippen molar-refractivity contribution in [1.29, 1.82) is 0 Å². The highest BCUT2D eigenvalue weighted by Crippen LogP contribution is 2.34. The lowest BCUT2D eigenvalue weighted by atomic mass is 10.2. The van der Waals surface area contributed by atoms with Crippen LogP contribution in [0.25, 0.3) is 0 Å². The first kappa shape index (κ1) is 18.8. The van der Waals surface area contributed by atoms with E-state index < -0.39 is 35.5 Å². The van der Waals surface area contributed by atoms with Crippen molar-refractivity contribution >= 4 is 29.5 Å². The highest BCUT2D eigenvalue weighted by molar-refractivity contribution is 6.34. The number of rotatable bonds is 4. The molecule has 0 aliphatic rings. The number of alkyl halides is 3.